The minimum atomic E-state index is -0.0759. The maximum atomic E-state index is 12.2. The Hall–Kier alpha value is -1.48. The molecule has 0 saturated carbocycles. The Morgan fingerprint density at radius 1 is 0.960 bits per heavy atom. The summed E-state index contributed by atoms with van der Waals surface area (Å²) < 4.78 is 0. The van der Waals surface area contributed by atoms with Gasteiger partial charge in [0.15, 0.2) is 0 Å². The van der Waals surface area contributed by atoms with E-state index in [4.69, 9.17) is 34.8 Å². The van der Waals surface area contributed by atoms with Crippen molar-refractivity contribution in [3.05, 3.63) is 74.7 Å². The molecular formula is C20H16Cl3NO. The lowest BCUT2D eigenvalue weighted by atomic mass is 9.71. The number of carbonyl (C=O) groups excluding carboxylic acids is 1. The summed E-state index contributed by atoms with van der Waals surface area (Å²) in [5.74, 6) is 0.449. The molecular weight excluding hydrogens is 377 g/mol. The third-order valence-corrected chi connectivity index (χ3v) is 5.95. The third-order valence-electron chi connectivity index (χ3n) is 5.14. The molecule has 5 heteroatoms. The zero-order chi connectivity index (χ0) is 17.6. The van der Waals surface area contributed by atoms with Crippen molar-refractivity contribution in [1.29, 1.82) is 0 Å². The average Bonchev–Trinajstić information content (AvgIpc) is 2.95. The lowest BCUT2D eigenvalue weighted by molar-refractivity contribution is -0.121. The molecule has 2 aliphatic rings. The van der Waals surface area contributed by atoms with Crippen molar-refractivity contribution in [2.24, 2.45) is 11.8 Å². The van der Waals surface area contributed by atoms with Crippen LogP contribution in [0.15, 0.2) is 48.5 Å². The molecule has 1 heterocycles. The Bertz CT molecular complexity index is 860. The second-order valence-corrected chi connectivity index (χ2v) is 7.89. The molecule has 0 spiro atoms. The number of benzene rings is 2. The number of hydrogen-bond acceptors (Lipinski definition) is 1. The predicted molar refractivity (Wildman–Crippen MR) is 103 cm³/mol. The molecule has 4 rings (SSSR count). The van der Waals surface area contributed by atoms with E-state index in [-0.39, 0.29) is 17.7 Å². The molecule has 0 aromatic heterocycles. The summed E-state index contributed by atoms with van der Waals surface area (Å²) in [6, 6.07) is 13.4. The SMILES string of the molecule is O=C1NC[C@@H]2C[C@H](c3ccc(Cl)cc3Cl)C(c3ccc(Cl)cc3)=C[C@H]12. The van der Waals surface area contributed by atoms with Crippen LogP contribution in [0.4, 0.5) is 0 Å². The summed E-state index contributed by atoms with van der Waals surface area (Å²) >= 11 is 18.6. The van der Waals surface area contributed by atoms with Crippen molar-refractivity contribution >= 4 is 46.3 Å². The van der Waals surface area contributed by atoms with Gasteiger partial charge in [-0.2, -0.15) is 0 Å². The van der Waals surface area contributed by atoms with Crippen LogP contribution >= 0.6 is 34.8 Å². The standard InChI is InChI=1S/C20H16Cl3NO/c21-13-3-1-11(2-4-13)16-9-17-12(10-24-20(17)25)7-18(16)15-6-5-14(22)8-19(15)23/h1-6,8-9,12,17-18H,7,10H2,(H,24,25)/t12-,17-,18+/m0/s1. The number of nitrogens with one attached hydrogen (secondary N) is 1. The van der Waals surface area contributed by atoms with E-state index in [0.29, 0.717) is 21.0 Å². The van der Waals surface area contributed by atoms with Crippen LogP contribution in [0.3, 0.4) is 0 Å². The number of allylic oxidation sites excluding steroid dienone is 1. The fourth-order valence-electron chi connectivity index (χ4n) is 3.89. The van der Waals surface area contributed by atoms with Gasteiger partial charge >= 0.3 is 0 Å². The van der Waals surface area contributed by atoms with Crippen LogP contribution in [-0.4, -0.2) is 12.5 Å². The largest absolute Gasteiger partial charge is 0.355 e. The van der Waals surface area contributed by atoms with Gasteiger partial charge in [0.1, 0.15) is 0 Å². The lowest BCUT2D eigenvalue weighted by Crippen LogP contribution is -2.23. The molecule has 2 nitrogen and oxygen atoms in total. The Balaban J connectivity index is 1.83. The number of fused-ring (bicyclic) bond motifs is 1. The Morgan fingerprint density at radius 3 is 2.40 bits per heavy atom. The molecule has 1 aliphatic carbocycles. The van der Waals surface area contributed by atoms with E-state index in [1.54, 1.807) is 6.07 Å². The van der Waals surface area contributed by atoms with Crippen molar-refractivity contribution in [2.75, 3.05) is 6.54 Å². The number of carbonyl (C=O) groups is 1. The first-order chi connectivity index (χ1) is 12.0. The van der Waals surface area contributed by atoms with Gasteiger partial charge in [-0.1, -0.05) is 59.1 Å². The predicted octanol–water partition coefficient (Wildman–Crippen LogP) is 5.58. The molecule has 2 aromatic rings. The highest BCUT2D eigenvalue weighted by molar-refractivity contribution is 6.35. The van der Waals surface area contributed by atoms with Crippen LogP contribution in [0.25, 0.3) is 5.57 Å². The van der Waals surface area contributed by atoms with Crippen LogP contribution < -0.4 is 5.32 Å². The molecule has 1 amide bonds. The number of hydrogen-bond donors (Lipinski definition) is 1. The zero-order valence-corrected chi connectivity index (χ0v) is 15.6. The van der Waals surface area contributed by atoms with Crippen molar-refractivity contribution in [2.45, 2.75) is 12.3 Å². The Kier molecular flexibility index (Phi) is 4.53. The fraction of sp³-hybridized carbons (Fsp3) is 0.250. The highest BCUT2D eigenvalue weighted by atomic mass is 35.5. The zero-order valence-electron chi connectivity index (χ0n) is 13.3. The maximum absolute atomic E-state index is 12.2. The number of amides is 1. The number of rotatable bonds is 2. The smallest absolute Gasteiger partial charge is 0.227 e. The van der Waals surface area contributed by atoms with E-state index in [0.717, 1.165) is 29.7 Å². The molecule has 2 aromatic carbocycles. The first kappa shape index (κ1) is 17.0. The van der Waals surface area contributed by atoms with Crippen molar-refractivity contribution in [3.63, 3.8) is 0 Å². The number of halogens is 3. The van der Waals surface area contributed by atoms with Crippen molar-refractivity contribution < 1.29 is 4.79 Å². The molecule has 1 N–H and O–H groups in total. The first-order valence-electron chi connectivity index (χ1n) is 8.23. The molecule has 1 aliphatic heterocycles. The van der Waals surface area contributed by atoms with E-state index < -0.39 is 0 Å². The van der Waals surface area contributed by atoms with Gasteiger partial charge in [-0.15, -0.1) is 0 Å². The van der Waals surface area contributed by atoms with Crippen LogP contribution in [0.1, 0.15) is 23.5 Å². The normalized spacial score (nSPS) is 25.3. The molecule has 0 unspecified atom stereocenters. The summed E-state index contributed by atoms with van der Waals surface area (Å²) in [5.41, 5.74) is 3.24. The van der Waals surface area contributed by atoms with E-state index in [2.05, 4.69) is 11.4 Å². The molecule has 25 heavy (non-hydrogen) atoms. The van der Waals surface area contributed by atoms with Gasteiger partial charge in [-0.3, -0.25) is 4.79 Å². The van der Waals surface area contributed by atoms with Gasteiger partial charge in [0.25, 0.3) is 0 Å². The van der Waals surface area contributed by atoms with Crippen LogP contribution in [0.2, 0.25) is 15.1 Å². The summed E-state index contributed by atoms with van der Waals surface area (Å²) in [6.45, 7) is 0.718. The van der Waals surface area contributed by atoms with Crippen molar-refractivity contribution in [3.8, 4) is 0 Å². The van der Waals surface area contributed by atoms with E-state index in [1.165, 1.54) is 0 Å². The molecule has 3 atom stereocenters. The van der Waals surface area contributed by atoms with E-state index in [9.17, 15) is 4.79 Å². The summed E-state index contributed by atoms with van der Waals surface area (Å²) in [5, 5.41) is 4.95. The van der Waals surface area contributed by atoms with E-state index >= 15 is 0 Å². The molecule has 1 fully saturated rings. The van der Waals surface area contributed by atoms with Crippen LogP contribution in [0.5, 0.6) is 0 Å². The third kappa shape index (κ3) is 3.19. The topological polar surface area (TPSA) is 29.1 Å². The van der Waals surface area contributed by atoms with Gasteiger partial charge in [-0.05, 0) is 53.3 Å². The second-order valence-electron chi connectivity index (χ2n) is 6.61. The highest BCUT2D eigenvalue weighted by Gasteiger charge is 2.40. The van der Waals surface area contributed by atoms with Gasteiger partial charge in [-0.25, -0.2) is 0 Å². The molecule has 0 radical (unpaired) electrons. The monoisotopic (exact) mass is 391 g/mol. The fourth-order valence-corrected chi connectivity index (χ4v) is 4.56. The van der Waals surface area contributed by atoms with Gasteiger partial charge in [0.2, 0.25) is 5.91 Å². The summed E-state index contributed by atoms with van der Waals surface area (Å²) in [7, 11) is 0. The quantitative estimate of drug-likeness (QED) is 0.710. The highest BCUT2D eigenvalue weighted by Crippen LogP contribution is 2.47. The molecule has 1 saturated heterocycles. The van der Waals surface area contributed by atoms with Crippen molar-refractivity contribution in [1.82, 2.24) is 5.32 Å². The Morgan fingerprint density at radius 2 is 1.68 bits per heavy atom. The van der Waals surface area contributed by atoms with Crippen LogP contribution in [-0.2, 0) is 4.79 Å². The molecule has 0 bridgehead atoms. The molecule has 128 valence electrons. The average molecular weight is 393 g/mol. The minimum absolute atomic E-state index is 0.0759. The first-order valence-corrected chi connectivity index (χ1v) is 9.36. The summed E-state index contributed by atoms with van der Waals surface area (Å²) in [4.78, 5) is 12.2. The Labute approximate surface area is 161 Å². The lowest BCUT2D eigenvalue weighted by Gasteiger charge is -2.31. The van der Waals surface area contributed by atoms with Crippen LogP contribution in [0, 0.1) is 11.8 Å². The minimum Gasteiger partial charge on any atom is -0.355 e. The summed E-state index contributed by atoms with van der Waals surface area (Å²) in [6.07, 6.45) is 2.98. The second kappa shape index (κ2) is 6.68. The van der Waals surface area contributed by atoms with E-state index in [1.807, 2.05) is 36.4 Å². The van der Waals surface area contributed by atoms with Gasteiger partial charge < -0.3 is 5.32 Å². The van der Waals surface area contributed by atoms with Gasteiger partial charge in [0, 0.05) is 27.5 Å². The maximum Gasteiger partial charge on any atom is 0.227 e. The van der Waals surface area contributed by atoms with Gasteiger partial charge in [0.05, 0.1) is 5.92 Å².